The van der Waals surface area contributed by atoms with Gasteiger partial charge in [-0.15, -0.1) is 11.3 Å². The van der Waals surface area contributed by atoms with Crippen LogP contribution in [0.15, 0.2) is 5.38 Å². The minimum Gasteiger partial charge on any atom is -0.461 e. The largest absolute Gasteiger partial charge is 0.461 e. The van der Waals surface area contributed by atoms with Crippen LogP contribution in [-0.4, -0.2) is 17.6 Å². The van der Waals surface area contributed by atoms with E-state index in [4.69, 9.17) is 10.5 Å². The maximum absolute atomic E-state index is 11.1. The van der Waals surface area contributed by atoms with Crippen LogP contribution in [0.1, 0.15) is 23.8 Å². The molecule has 12 heavy (non-hydrogen) atoms. The van der Waals surface area contributed by atoms with Crippen molar-refractivity contribution in [1.29, 1.82) is 0 Å². The van der Waals surface area contributed by atoms with Crippen molar-refractivity contribution in [2.24, 2.45) is 0 Å². The Bertz CT molecular complexity index is 272. The molecule has 1 heterocycles. The molecule has 0 saturated carbocycles. The number of esters is 1. The number of carbonyl (C=O) groups is 1. The fourth-order valence-corrected chi connectivity index (χ4v) is 1.18. The molecule has 0 unspecified atom stereocenters. The molecule has 1 aromatic heterocycles. The summed E-state index contributed by atoms with van der Waals surface area (Å²) in [5.41, 5.74) is 5.64. The van der Waals surface area contributed by atoms with Gasteiger partial charge < -0.3 is 10.5 Å². The van der Waals surface area contributed by atoms with Crippen LogP contribution in [0.2, 0.25) is 0 Å². The Morgan fingerprint density at radius 3 is 3.08 bits per heavy atom. The van der Waals surface area contributed by atoms with Gasteiger partial charge in [-0.2, -0.15) is 0 Å². The highest BCUT2D eigenvalue weighted by molar-refractivity contribution is 7.13. The third-order valence-electron chi connectivity index (χ3n) is 1.17. The number of carbonyl (C=O) groups excluding carboxylic acids is 1. The van der Waals surface area contributed by atoms with Crippen molar-refractivity contribution in [3.05, 3.63) is 11.1 Å². The molecule has 4 nitrogen and oxygen atoms in total. The molecular weight excluding hydrogens is 176 g/mol. The zero-order valence-electron chi connectivity index (χ0n) is 6.74. The monoisotopic (exact) mass is 186 g/mol. The average molecular weight is 186 g/mol. The maximum Gasteiger partial charge on any atom is 0.357 e. The fourth-order valence-electron chi connectivity index (χ4n) is 0.650. The Kier molecular flexibility index (Phi) is 3.04. The molecule has 0 aliphatic rings. The zero-order chi connectivity index (χ0) is 8.97. The summed E-state index contributed by atoms with van der Waals surface area (Å²) in [5.74, 6) is -0.398. The van der Waals surface area contributed by atoms with Gasteiger partial charge in [0, 0.05) is 5.38 Å². The van der Waals surface area contributed by atoms with Gasteiger partial charge in [0.1, 0.15) is 0 Å². The van der Waals surface area contributed by atoms with Gasteiger partial charge in [-0.05, 0) is 6.42 Å². The van der Waals surface area contributed by atoms with Gasteiger partial charge >= 0.3 is 5.97 Å². The van der Waals surface area contributed by atoms with Crippen molar-refractivity contribution in [3.8, 4) is 0 Å². The molecule has 0 aromatic carbocycles. The Morgan fingerprint density at radius 2 is 2.58 bits per heavy atom. The van der Waals surface area contributed by atoms with E-state index in [0.717, 1.165) is 6.42 Å². The topological polar surface area (TPSA) is 65.2 Å². The number of ether oxygens (including phenoxy) is 1. The quantitative estimate of drug-likeness (QED) is 0.722. The van der Waals surface area contributed by atoms with Crippen LogP contribution in [0.3, 0.4) is 0 Å². The zero-order valence-corrected chi connectivity index (χ0v) is 7.56. The Labute approximate surface area is 74.4 Å². The lowest BCUT2D eigenvalue weighted by Gasteiger charge is -1.98. The first-order valence-corrected chi connectivity index (χ1v) is 4.50. The molecule has 5 heteroatoms. The standard InChI is InChI=1S/C7H10N2O2S/c1-2-3-11-6(10)5-4-12-7(8)9-5/h4H,2-3H2,1H3,(H2,8,9). The predicted molar refractivity (Wildman–Crippen MR) is 47.1 cm³/mol. The molecule has 0 spiro atoms. The summed E-state index contributed by atoms with van der Waals surface area (Å²) in [6.45, 7) is 2.36. The van der Waals surface area contributed by atoms with Crippen molar-refractivity contribution in [2.45, 2.75) is 13.3 Å². The fraction of sp³-hybridized carbons (Fsp3) is 0.429. The Balaban J connectivity index is 2.53. The molecule has 0 fully saturated rings. The second-order valence-electron chi connectivity index (χ2n) is 2.21. The summed E-state index contributed by atoms with van der Waals surface area (Å²) in [4.78, 5) is 14.9. The first-order chi connectivity index (χ1) is 5.74. The van der Waals surface area contributed by atoms with Gasteiger partial charge in [0.05, 0.1) is 6.61 Å². The molecule has 0 radical (unpaired) electrons. The second-order valence-corrected chi connectivity index (χ2v) is 3.10. The third kappa shape index (κ3) is 2.20. The molecule has 0 amide bonds. The van der Waals surface area contributed by atoms with Crippen molar-refractivity contribution < 1.29 is 9.53 Å². The lowest BCUT2D eigenvalue weighted by Crippen LogP contribution is -2.06. The third-order valence-corrected chi connectivity index (χ3v) is 1.84. The molecule has 0 saturated heterocycles. The Hall–Kier alpha value is -1.10. The summed E-state index contributed by atoms with van der Waals surface area (Å²) < 4.78 is 4.84. The highest BCUT2D eigenvalue weighted by atomic mass is 32.1. The van der Waals surface area contributed by atoms with Crippen molar-refractivity contribution in [1.82, 2.24) is 4.98 Å². The van der Waals surface area contributed by atoms with Crippen LogP contribution in [0.4, 0.5) is 5.13 Å². The molecule has 0 bridgehead atoms. The summed E-state index contributed by atoms with van der Waals surface area (Å²) >= 11 is 1.23. The molecule has 2 N–H and O–H groups in total. The molecule has 1 rings (SSSR count). The normalized spacial score (nSPS) is 9.75. The van der Waals surface area contributed by atoms with E-state index in [0.29, 0.717) is 17.4 Å². The van der Waals surface area contributed by atoms with Crippen molar-refractivity contribution in [3.63, 3.8) is 0 Å². The molecule has 0 aliphatic carbocycles. The summed E-state index contributed by atoms with van der Waals surface area (Å²) in [6.07, 6.45) is 0.811. The minimum absolute atomic E-state index is 0.297. The first-order valence-electron chi connectivity index (χ1n) is 3.62. The first kappa shape index (κ1) is 8.99. The SMILES string of the molecule is CCCOC(=O)c1csc(N)n1. The number of hydrogen-bond acceptors (Lipinski definition) is 5. The molecular formula is C7H10N2O2S. The van der Waals surface area contributed by atoms with E-state index in [1.54, 1.807) is 5.38 Å². The van der Waals surface area contributed by atoms with Crippen LogP contribution >= 0.6 is 11.3 Å². The number of rotatable bonds is 3. The highest BCUT2D eigenvalue weighted by Gasteiger charge is 2.09. The lowest BCUT2D eigenvalue weighted by atomic mass is 10.5. The number of nitrogens with zero attached hydrogens (tertiary/aromatic N) is 1. The van der Waals surface area contributed by atoms with Gasteiger partial charge in [0.2, 0.25) is 0 Å². The van der Waals surface area contributed by atoms with Crippen LogP contribution < -0.4 is 5.73 Å². The number of nitrogen functional groups attached to an aromatic ring is 1. The number of hydrogen-bond donors (Lipinski definition) is 1. The van der Waals surface area contributed by atoms with Crippen LogP contribution in [-0.2, 0) is 4.74 Å². The van der Waals surface area contributed by atoms with Crippen molar-refractivity contribution >= 4 is 22.4 Å². The van der Waals surface area contributed by atoms with Gasteiger partial charge in [0.25, 0.3) is 0 Å². The Morgan fingerprint density at radius 1 is 1.83 bits per heavy atom. The molecule has 1 aromatic rings. The van der Waals surface area contributed by atoms with E-state index in [1.807, 2.05) is 6.92 Å². The van der Waals surface area contributed by atoms with E-state index in [1.165, 1.54) is 11.3 Å². The molecule has 0 aliphatic heterocycles. The summed E-state index contributed by atoms with van der Waals surface area (Å²) in [7, 11) is 0. The van der Waals surface area contributed by atoms with Gasteiger partial charge in [-0.1, -0.05) is 6.92 Å². The van der Waals surface area contributed by atoms with Gasteiger partial charge in [0.15, 0.2) is 10.8 Å². The number of thiazole rings is 1. The highest BCUT2D eigenvalue weighted by Crippen LogP contribution is 2.11. The summed E-state index contributed by atoms with van der Waals surface area (Å²) in [5, 5.41) is 1.98. The van der Waals surface area contributed by atoms with E-state index >= 15 is 0 Å². The van der Waals surface area contributed by atoms with Gasteiger partial charge in [-0.3, -0.25) is 0 Å². The average Bonchev–Trinajstić information content (AvgIpc) is 2.47. The summed E-state index contributed by atoms with van der Waals surface area (Å²) in [6, 6.07) is 0. The van der Waals surface area contributed by atoms with E-state index in [9.17, 15) is 4.79 Å². The molecule has 0 atom stereocenters. The smallest absolute Gasteiger partial charge is 0.357 e. The maximum atomic E-state index is 11.1. The van der Waals surface area contributed by atoms with Crippen molar-refractivity contribution in [2.75, 3.05) is 12.3 Å². The predicted octanol–water partition coefficient (Wildman–Crippen LogP) is 1.29. The van der Waals surface area contributed by atoms with E-state index in [-0.39, 0.29) is 0 Å². The number of nitrogens with two attached hydrogens (primary N) is 1. The van der Waals surface area contributed by atoms with Crippen LogP contribution in [0.5, 0.6) is 0 Å². The van der Waals surface area contributed by atoms with Crippen LogP contribution in [0.25, 0.3) is 0 Å². The van der Waals surface area contributed by atoms with Gasteiger partial charge in [-0.25, -0.2) is 9.78 Å². The second kappa shape index (κ2) is 4.06. The van der Waals surface area contributed by atoms with Crippen LogP contribution in [0, 0.1) is 0 Å². The lowest BCUT2D eigenvalue weighted by molar-refractivity contribution is 0.0499. The molecule has 66 valence electrons. The van der Waals surface area contributed by atoms with E-state index in [2.05, 4.69) is 4.98 Å². The number of aromatic nitrogens is 1. The van der Waals surface area contributed by atoms with E-state index < -0.39 is 5.97 Å². The minimum atomic E-state index is -0.398. The number of anilines is 1.